The van der Waals surface area contributed by atoms with Crippen LogP contribution in [0.3, 0.4) is 0 Å². The summed E-state index contributed by atoms with van der Waals surface area (Å²) in [6.45, 7) is 4.96. The van der Waals surface area contributed by atoms with E-state index in [2.05, 4.69) is 27.7 Å². The molecule has 98 heavy (non-hydrogen) atoms. The number of carbonyl (C=O) groups excluding carboxylic acids is 4. The number of phosphoric ester groups is 2. The van der Waals surface area contributed by atoms with Gasteiger partial charge in [0.25, 0.3) is 0 Å². The van der Waals surface area contributed by atoms with Gasteiger partial charge < -0.3 is 33.8 Å². The number of rotatable bonds is 80. The maximum atomic E-state index is 13.1. The van der Waals surface area contributed by atoms with Gasteiger partial charge in [-0.3, -0.25) is 37.3 Å². The van der Waals surface area contributed by atoms with E-state index in [0.29, 0.717) is 25.7 Å². The molecule has 0 rings (SSSR count). The highest BCUT2D eigenvalue weighted by Crippen LogP contribution is 2.45. The van der Waals surface area contributed by atoms with Crippen molar-refractivity contribution in [1.82, 2.24) is 0 Å². The molecule has 0 aromatic heterocycles. The molecule has 0 radical (unpaired) electrons. The Bertz CT molecular complexity index is 1860. The van der Waals surface area contributed by atoms with Gasteiger partial charge in [0.15, 0.2) is 12.2 Å². The quantitative estimate of drug-likeness (QED) is 0.0222. The first kappa shape index (κ1) is 96.1. The van der Waals surface area contributed by atoms with Crippen LogP contribution in [0.25, 0.3) is 0 Å². The molecular formula is C79H154O17P2. The molecule has 2 unspecified atom stereocenters. The lowest BCUT2D eigenvalue weighted by Gasteiger charge is -2.21. The molecule has 0 aromatic rings. The van der Waals surface area contributed by atoms with Crippen molar-refractivity contribution >= 4 is 39.5 Å². The number of aliphatic hydroxyl groups is 1. The van der Waals surface area contributed by atoms with Crippen LogP contribution in [0.15, 0.2) is 0 Å². The first-order valence-corrected chi connectivity index (χ1v) is 44.3. The second-order valence-electron chi connectivity index (χ2n) is 28.5. The molecule has 582 valence electrons. The number of carbonyl (C=O) groups is 4. The van der Waals surface area contributed by atoms with Crippen LogP contribution in [0, 0.1) is 0 Å². The van der Waals surface area contributed by atoms with E-state index < -0.39 is 97.5 Å². The maximum absolute atomic E-state index is 13.1. The summed E-state index contributed by atoms with van der Waals surface area (Å²) in [6.07, 6.45) is 65.5. The molecule has 0 bridgehead atoms. The summed E-state index contributed by atoms with van der Waals surface area (Å²) in [5.74, 6) is -2.11. The van der Waals surface area contributed by atoms with Crippen molar-refractivity contribution < 1.29 is 80.2 Å². The molecule has 0 amide bonds. The second kappa shape index (κ2) is 73.4. The molecule has 17 nitrogen and oxygen atoms in total. The second-order valence-corrected chi connectivity index (χ2v) is 31.4. The van der Waals surface area contributed by atoms with E-state index >= 15 is 0 Å². The van der Waals surface area contributed by atoms with Gasteiger partial charge in [-0.25, -0.2) is 9.13 Å². The highest BCUT2D eigenvalue weighted by Gasteiger charge is 2.30. The zero-order chi connectivity index (χ0) is 71.8. The van der Waals surface area contributed by atoms with Crippen LogP contribution < -0.4 is 0 Å². The van der Waals surface area contributed by atoms with E-state index in [9.17, 15) is 43.2 Å². The summed E-state index contributed by atoms with van der Waals surface area (Å²) in [5.41, 5.74) is 0. The molecule has 0 aliphatic carbocycles. The molecule has 0 aliphatic heterocycles. The lowest BCUT2D eigenvalue weighted by atomic mass is 10.0. The monoisotopic (exact) mass is 1440 g/mol. The molecule has 0 saturated carbocycles. The lowest BCUT2D eigenvalue weighted by molar-refractivity contribution is -0.161. The van der Waals surface area contributed by atoms with E-state index in [4.69, 9.17) is 37.0 Å². The number of hydrogen-bond acceptors (Lipinski definition) is 15. The summed E-state index contributed by atoms with van der Waals surface area (Å²) < 4.78 is 68.5. The topological polar surface area (TPSA) is 237 Å². The predicted octanol–water partition coefficient (Wildman–Crippen LogP) is 23.8. The summed E-state index contributed by atoms with van der Waals surface area (Å²) in [5, 5.41) is 10.6. The van der Waals surface area contributed by atoms with Crippen molar-refractivity contribution in [3.63, 3.8) is 0 Å². The fourth-order valence-electron chi connectivity index (χ4n) is 12.3. The van der Waals surface area contributed by atoms with Crippen molar-refractivity contribution in [2.75, 3.05) is 39.6 Å². The number of aliphatic hydroxyl groups excluding tert-OH is 1. The van der Waals surface area contributed by atoms with Crippen LogP contribution in [-0.2, 0) is 65.4 Å². The van der Waals surface area contributed by atoms with Crippen molar-refractivity contribution in [3.05, 3.63) is 0 Å². The Morgan fingerprint density at radius 3 is 0.602 bits per heavy atom. The third-order valence-corrected chi connectivity index (χ3v) is 20.5. The molecule has 0 aliphatic rings. The van der Waals surface area contributed by atoms with Crippen LogP contribution in [0.5, 0.6) is 0 Å². The van der Waals surface area contributed by atoms with E-state index in [1.807, 2.05) is 0 Å². The van der Waals surface area contributed by atoms with Gasteiger partial charge in [0.1, 0.15) is 19.3 Å². The maximum Gasteiger partial charge on any atom is 0.472 e. The zero-order valence-electron chi connectivity index (χ0n) is 63.8. The molecule has 0 aromatic carbocycles. The smallest absolute Gasteiger partial charge is 0.462 e. The number of phosphoric acid groups is 2. The molecule has 0 saturated heterocycles. The fraction of sp³-hybridized carbons (Fsp3) is 0.949. The van der Waals surface area contributed by atoms with Crippen molar-refractivity contribution in [1.29, 1.82) is 0 Å². The number of hydrogen-bond donors (Lipinski definition) is 3. The fourth-order valence-corrected chi connectivity index (χ4v) is 13.9. The Kier molecular flexibility index (Phi) is 71.9. The van der Waals surface area contributed by atoms with Crippen LogP contribution in [0.4, 0.5) is 0 Å². The number of ether oxygens (including phenoxy) is 4. The van der Waals surface area contributed by atoms with E-state index in [0.717, 1.165) is 103 Å². The van der Waals surface area contributed by atoms with Crippen molar-refractivity contribution in [2.24, 2.45) is 0 Å². The molecule has 3 N–H and O–H groups in total. The lowest BCUT2D eigenvalue weighted by Crippen LogP contribution is -2.30. The van der Waals surface area contributed by atoms with Crippen LogP contribution in [-0.4, -0.2) is 96.7 Å². The Morgan fingerprint density at radius 2 is 0.408 bits per heavy atom. The first-order chi connectivity index (χ1) is 47.7. The summed E-state index contributed by atoms with van der Waals surface area (Å²) >= 11 is 0. The average Bonchev–Trinajstić information content (AvgIpc) is 0.966. The summed E-state index contributed by atoms with van der Waals surface area (Å²) in [4.78, 5) is 72.7. The number of esters is 4. The highest BCUT2D eigenvalue weighted by molar-refractivity contribution is 7.47. The predicted molar refractivity (Wildman–Crippen MR) is 400 cm³/mol. The largest absolute Gasteiger partial charge is 0.472 e. The van der Waals surface area contributed by atoms with Crippen LogP contribution in [0.1, 0.15) is 426 Å². The van der Waals surface area contributed by atoms with Gasteiger partial charge in [-0.05, 0) is 25.7 Å². The Labute approximate surface area is 600 Å². The molecule has 0 heterocycles. The Morgan fingerprint density at radius 1 is 0.245 bits per heavy atom. The van der Waals surface area contributed by atoms with E-state index in [-0.39, 0.29) is 25.7 Å². The first-order valence-electron chi connectivity index (χ1n) is 41.3. The minimum absolute atomic E-state index is 0.107. The van der Waals surface area contributed by atoms with Gasteiger partial charge in [0.05, 0.1) is 26.4 Å². The molecule has 5 atom stereocenters. The van der Waals surface area contributed by atoms with Crippen LogP contribution in [0.2, 0.25) is 0 Å². The third kappa shape index (κ3) is 72.4. The van der Waals surface area contributed by atoms with Gasteiger partial charge in [-0.15, -0.1) is 0 Å². The van der Waals surface area contributed by atoms with Gasteiger partial charge >= 0.3 is 39.5 Å². The minimum Gasteiger partial charge on any atom is -0.462 e. The average molecular weight is 1440 g/mol. The minimum atomic E-state index is -4.96. The van der Waals surface area contributed by atoms with Crippen molar-refractivity contribution in [2.45, 2.75) is 444 Å². The van der Waals surface area contributed by atoms with Gasteiger partial charge in [0.2, 0.25) is 0 Å². The number of unbranched alkanes of at least 4 members (excludes halogenated alkanes) is 54. The standard InChI is InChI=1S/C79H154O17P2/c1-5-9-13-17-21-24-27-29-31-33-35-37-39-41-43-46-48-52-56-60-64-77(82)90-70-75(96-79(84)66-62-58-54-50-47-44-42-40-38-36-34-32-30-28-25-22-18-14-10-6-2)72-94-98(87,88)92-68-73(80)67-91-97(85,86)93-71-74(69-89-76(81)63-59-55-51-20-16-12-8-4)95-78(83)65-61-57-53-49-45-26-23-19-15-11-7-3/h73-75,80H,5-72H2,1-4H3,(H,85,86)(H,87,88)/t73-,74+,75+/m0/s1. The van der Waals surface area contributed by atoms with Gasteiger partial charge in [-0.1, -0.05) is 374 Å². The van der Waals surface area contributed by atoms with Crippen molar-refractivity contribution in [3.8, 4) is 0 Å². The third-order valence-electron chi connectivity index (χ3n) is 18.6. The molecule has 19 heteroatoms. The Hall–Kier alpha value is -1.94. The zero-order valence-corrected chi connectivity index (χ0v) is 65.6. The van der Waals surface area contributed by atoms with Gasteiger partial charge in [0, 0.05) is 25.7 Å². The highest BCUT2D eigenvalue weighted by atomic mass is 31.2. The molecule has 0 spiro atoms. The Balaban J connectivity index is 5.15. The normalized spacial score (nSPS) is 13.8. The summed E-state index contributed by atoms with van der Waals surface area (Å²) in [6, 6.07) is 0. The summed E-state index contributed by atoms with van der Waals surface area (Å²) in [7, 11) is -9.91. The van der Waals surface area contributed by atoms with Crippen LogP contribution >= 0.6 is 15.6 Å². The van der Waals surface area contributed by atoms with Gasteiger partial charge in [-0.2, -0.15) is 0 Å². The SMILES string of the molecule is CCCCCCCCCCCCCCCCCCCCCCC(=O)OC[C@H](COP(=O)(O)OC[C@@H](O)COP(=O)(O)OC[C@@H](COC(=O)CCCCCCCCC)OC(=O)CCCCCCCCCCCCC)OC(=O)CCCCCCCCCCCCCCCCCCCCCC. The molecule has 0 fully saturated rings. The van der Waals surface area contributed by atoms with E-state index in [1.54, 1.807) is 0 Å². The molecular weight excluding hydrogens is 1280 g/mol. The van der Waals surface area contributed by atoms with E-state index in [1.165, 1.54) is 244 Å².